The Morgan fingerprint density at radius 3 is 2.59 bits per heavy atom. The Morgan fingerprint density at radius 1 is 1.30 bits per heavy atom. The largest absolute Gasteiger partial charge is 0.416 e. The second-order valence-electron chi connectivity index (χ2n) is 6.10. The van der Waals surface area contributed by atoms with Crippen LogP contribution in [0.5, 0.6) is 0 Å². The number of imidazole rings is 1. The van der Waals surface area contributed by atoms with Crippen LogP contribution in [0.1, 0.15) is 31.3 Å². The summed E-state index contributed by atoms with van der Waals surface area (Å²) in [5, 5.41) is 3.94. The molecule has 2 heterocycles. The Bertz CT molecular complexity index is 1090. The highest BCUT2D eigenvalue weighted by atomic mass is 32.2. The number of nitrogens with one attached hydrogen (secondary N) is 1. The van der Waals surface area contributed by atoms with E-state index in [4.69, 9.17) is 0 Å². The SMILES string of the molecule is CCn1cc(S(=O)(=O)NC(C)c2nc3ccc(C(F)(F)F)cc3n2C)cn1. The Hall–Kier alpha value is -2.40. The first kappa shape index (κ1) is 19.4. The van der Waals surface area contributed by atoms with Crippen molar-refractivity contribution in [2.45, 2.75) is 37.5 Å². The molecule has 3 rings (SSSR count). The van der Waals surface area contributed by atoms with Gasteiger partial charge in [-0.25, -0.2) is 18.1 Å². The molecule has 7 nitrogen and oxygen atoms in total. The minimum absolute atomic E-state index is 0.00863. The first-order chi connectivity index (χ1) is 12.5. The fourth-order valence-electron chi connectivity index (χ4n) is 2.78. The molecule has 0 spiro atoms. The van der Waals surface area contributed by atoms with Crippen LogP contribution in [0.15, 0.2) is 35.5 Å². The zero-order valence-electron chi connectivity index (χ0n) is 14.8. The lowest BCUT2D eigenvalue weighted by Crippen LogP contribution is -2.28. The highest BCUT2D eigenvalue weighted by molar-refractivity contribution is 7.89. The predicted molar refractivity (Wildman–Crippen MR) is 92.4 cm³/mol. The van der Waals surface area contributed by atoms with Crippen molar-refractivity contribution < 1.29 is 21.6 Å². The number of rotatable bonds is 5. The van der Waals surface area contributed by atoms with E-state index in [0.717, 1.165) is 12.1 Å². The van der Waals surface area contributed by atoms with Gasteiger partial charge in [-0.1, -0.05) is 0 Å². The first-order valence-electron chi connectivity index (χ1n) is 8.11. The quantitative estimate of drug-likeness (QED) is 0.713. The van der Waals surface area contributed by atoms with Gasteiger partial charge in [0.25, 0.3) is 0 Å². The van der Waals surface area contributed by atoms with E-state index < -0.39 is 27.8 Å². The van der Waals surface area contributed by atoms with Crippen molar-refractivity contribution in [1.82, 2.24) is 24.1 Å². The van der Waals surface area contributed by atoms with Gasteiger partial charge in [0.15, 0.2) is 0 Å². The number of fused-ring (bicyclic) bond motifs is 1. The Morgan fingerprint density at radius 2 is 2.00 bits per heavy atom. The van der Waals surface area contributed by atoms with Crippen molar-refractivity contribution in [3.8, 4) is 0 Å². The molecule has 0 saturated carbocycles. The van der Waals surface area contributed by atoms with E-state index in [0.29, 0.717) is 17.9 Å². The smallest absolute Gasteiger partial charge is 0.330 e. The van der Waals surface area contributed by atoms with Crippen molar-refractivity contribution in [3.63, 3.8) is 0 Å². The van der Waals surface area contributed by atoms with Crippen LogP contribution in [0.2, 0.25) is 0 Å². The van der Waals surface area contributed by atoms with E-state index in [9.17, 15) is 21.6 Å². The summed E-state index contributed by atoms with van der Waals surface area (Å²) in [6.07, 6.45) is -1.83. The van der Waals surface area contributed by atoms with Gasteiger partial charge < -0.3 is 4.57 Å². The normalized spacial score (nSPS) is 14.0. The topological polar surface area (TPSA) is 81.8 Å². The van der Waals surface area contributed by atoms with E-state index in [2.05, 4.69) is 14.8 Å². The Kier molecular flexibility index (Phi) is 4.76. The molecule has 1 N–H and O–H groups in total. The molecule has 0 fully saturated rings. The van der Waals surface area contributed by atoms with Gasteiger partial charge in [0.2, 0.25) is 10.0 Å². The summed E-state index contributed by atoms with van der Waals surface area (Å²) in [5.74, 6) is 0.302. The molecule has 1 unspecified atom stereocenters. The molecule has 1 atom stereocenters. The summed E-state index contributed by atoms with van der Waals surface area (Å²) < 4.78 is 69.2. The van der Waals surface area contributed by atoms with Crippen LogP contribution >= 0.6 is 0 Å². The molecule has 2 aromatic heterocycles. The summed E-state index contributed by atoms with van der Waals surface area (Å²) >= 11 is 0. The maximum Gasteiger partial charge on any atom is 0.416 e. The van der Waals surface area contributed by atoms with E-state index in [1.807, 2.05) is 6.92 Å². The molecule has 0 saturated heterocycles. The number of nitrogens with zero attached hydrogens (tertiary/aromatic N) is 4. The number of benzene rings is 1. The molecular weight excluding hydrogens is 383 g/mol. The van der Waals surface area contributed by atoms with Crippen LogP contribution in [0.25, 0.3) is 11.0 Å². The van der Waals surface area contributed by atoms with Gasteiger partial charge in [-0.3, -0.25) is 4.68 Å². The second-order valence-corrected chi connectivity index (χ2v) is 7.82. The highest BCUT2D eigenvalue weighted by Crippen LogP contribution is 2.32. The van der Waals surface area contributed by atoms with Crippen molar-refractivity contribution in [2.75, 3.05) is 0 Å². The maximum atomic E-state index is 12.9. The molecule has 1 aromatic carbocycles. The minimum atomic E-state index is -4.47. The Labute approximate surface area is 153 Å². The molecule has 0 bridgehead atoms. The van der Waals surface area contributed by atoms with Crippen molar-refractivity contribution in [3.05, 3.63) is 42.0 Å². The summed E-state index contributed by atoms with van der Waals surface area (Å²) in [4.78, 5) is 4.29. The fraction of sp³-hybridized carbons (Fsp3) is 0.375. The maximum absolute atomic E-state index is 12.9. The lowest BCUT2D eigenvalue weighted by Gasteiger charge is -2.13. The molecule has 146 valence electrons. The van der Waals surface area contributed by atoms with E-state index in [-0.39, 0.29) is 10.4 Å². The molecule has 0 radical (unpaired) electrons. The molecule has 0 aliphatic heterocycles. The number of aromatic nitrogens is 4. The van der Waals surface area contributed by atoms with Crippen LogP contribution in [-0.4, -0.2) is 27.7 Å². The number of halogens is 3. The van der Waals surface area contributed by atoms with Crippen LogP contribution in [0, 0.1) is 0 Å². The lowest BCUT2D eigenvalue weighted by atomic mass is 10.2. The minimum Gasteiger partial charge on any atom is -0.330 e. The van der Waals surface area contributed by atoms with E-state index in [1.54, 1.807) is 14.0 Å². The third kappa shape index (κ3) is 3.69. The number of hydrogen-bond donors (Lipinski definition) is 1. The van der Waals surface area contributed by atoms with Gasteiger partial charge in [0.1, 0.15) is 10.7 Å². The van der Waals surface area contributed by atoms with Gasteiger partial charge in [-0.15, -0.1) is 0 Å². The van der Waals surface area contributed by atoms with E-state index in [1.165, 1.54) is 27.7 Å². The van der Waals surface area contributed by atoms with Crippen molar-refractivity contribution >= 4 is 21.1 Å². The van der Waals surface area contributed by atoms with Gasteiger partial charge in [0.05, 0.1) is 28.8 Å². The number of hydrogen-bond acceptors (Lipinski definition) is 4. The second kappa shape index (κ2) is 6.64. The molecule has 27 heavy (non-hydrogen) atoms. The van der Waals surface area contributed by atoms with Gasteiger partial charge in [0, 0.05) is 19.8 Å². The van der Waals surface area contributed by atoms with Crippen LogP contribution < -0.4 is 4.72 Å². The molecule has 0 amide bonds. The van der Waals surface area contributed by atoms with Gasteiger partial charge >= 0.3 is 6.18 Å². The van der Waals surface area contributed by atoms with Crippen LogP contribution in [0.4, 0.5) is 13.2 Å². The van der Waals surface area contributed by atoms with Gasteiger partial charge in [-0.2, -0.15) is 18.3 Å². The lowest BCUT2D eigenvalue weighted by molar-refractivity contribution is -0.137. The zero-order valence-corrected chi connectivity index (χ0v) is 15.6. The van der Waals surface area contributed by atoms with E-state index >= 15 is 0 Å². The summed E-state index contributed by atoms with van der Waals surface area (Å²) in [6, 6.07) is 2.46. The average Bonchev–Trinajstić information content (AvgIpc) is 3.19. The number of alkyl halides is 3. The third-order valence-corrected chi connectivity index (χ3v) is 5.70. The summed E-state index contributed by atoms with van der Waals surface area (Å²) in [6.45, 7) is 3.93. The Balaban J connectivity index is 1.93. The first-order valence-corrected chi connectivity index (χ1v) is 9.59. The molecule has 0 aliphatic carbocycles. The van der Waals surface area contributed by atoms with Crippen LogP contribution in [-0.2, 0) is 29.8 Å². The molecule has 0 aliphatic rings. The number of sulfonamides is 1. The summed E-state index contributed by atoms with van der Waals surface area (Å²) in [5.41, 5.74) is -0.167. The van der Waals surface area contributed by atoms with Crippen molar-refractivity contribution in [1.29, 1.82) is 0 Å². The molecule has 3 aromatic rings. The monoisotopic (exact) mass is 401 g/mol. The molecule has 11 heteroatoms. The number of aryl methyl sites for hydroxylation is 2. The van der Waals surface area contributed by atoms with Gasteiger partial charge in [-0.05, 0) is 32.0 Å². The highest BCUT2D eigenvalue weighted by Gasteiger charge is 2.31. The fourth-order valence-corrected chi connectivity index (χ4v) is 3.94. The van der Waals surface area contributed by atoms with Crippen LogP contribution in [0.3, 0.4) is 0 Å². The standard InChI is InChI=1S/C16H18F3N5O2S/c1-4-24-9-12(8-20-24)27(25,26)22-10(2)15-21-13-6-5-11(16(17,18)19)7-14(13)23(15)3/h5-10,22H,4H2,1-3H3. The zero-order chi connectivity index (χ0) is 20.0. The van der Waals surface area contributed by atoms with Crippen molar-refractivity contribution in [2.24, 2.45) is 7.05 Å². The summed E-state index contributed by atoms with van der Waals surface area (Å²) in [7, 11) is -2.30. The average molecular weight is 401 g/mol. The molecular formula is C16H18F3N5O2S. The third-order valence-electron chi connectivity index (χ3n) is 4.21. The predicted octanol–water partition coefficient (Wildman–Crippen LogP) is 2.85.